The Morgan fingerprint density at radius 2 is 0.882 bits per heavy atom. The van der Waals surface area contributed by atoms with E-state index in [2.05, 4.69) is 41.5 Å². The van der Waals surface area contributed by atoms with Gasteiger partial charge in [0.25, 0.3) is 0 Å². The Morgan fingerprint density at radius 3 is 1.06 bits per heavy atom. The molecule has 0 aliphatic carbocycles. The predicted molar refractivity (Wildman–Crippen MR) is 84.4 cm³/mol. The molecule has 0 nitrogen and oxygen atoms in total. The Bertz CT molecular complexity index is 156. The summed E-state index contributed by atoms with van der Waals surface area (Å²) in [4.78, 5) is 0. The van der Waals surface area contributed by atoms with E-state index in [1.54, 1.807) is 0 Å². The van der Waals surface area contributed by atoms with Gasteiger partial charge in [0.05, 0.1) is 0 Å². The first-order chi connectivity index (χ1) is 7.75. The summed E-state index contributed by atoms with van der Waals surface area (Å²) in [5.41, 5.74) is 0. The molecule has 0 unspecified atom stereocenters. The van der Waals surface area contributed by atoms with Gasteiger partial charge >= 0.3 is 119 Å². The van der Waals surface area contributed by atoms with Crippen LogP contribution < -0.4 is 0 Å². The maximum atomic E-state index is 7.09. The van der Waals surface area contributed by atoms with E-state index >= 15 is 0 Å². The monoisotopic (exact) mass is 456 g/mol. The molecule has 17 heavy (non-hydrogen) atoms. The summed E-state index contributed by atoms with van der Waals surface area (Å²) in [6.07, 6.45) is 4.09. The van der Waals surface area contributed by atoms with Crippen LogP contribution in [0.15, 0.2) is 0 Å². The molecule has 0 atom stereocenters. The zero-order valence-electron chi connectivity index (χ0n) is 12.9. The molecule has 0 N–H and O–H groups in total. The number of halogens is 1. The van der Waals surface area contributed by atoms with Crippen molar-refractivity contribution in [1.29, 1.82) is 0 Å². The molecule has 0 rings (SSSR count). The van der Waals surface area contributed by atoms with Crippen molar-refractivity contribution >= 4 is 28.3 Å². The van der Waals surface area contributed by atoms with Crippen molar-refractivity contribution in [3.05, 3.63) is 0 Å². The molecule has 2 heteroatoms. The topological polar surface area (TPSA) is 0 Å². The Kier molecular flexibility index (Phi) is 9.82. The molecule has 0 fully saturated rings. The molecule has 0 amide bonds. The number of rotatable bonds is 9. The summed E-state index contributed by atoms with van der Waals surface area (Å²) in [5.74, 6) is 2.48. The van der Waals surface area contributed by atoms with E-state index in [1.807, 2.05) is 0 Å². The van der Waals surface area contributed by atoms with Gasteiger partial charge in [-0.1, -0.05) is 0 Å². The summed E-state index contributed by atoms with van der Waals surface area (Å²) in [6.45, 7) is 14.0. The summed E-state index contributed by atoms with van der Waals surface area (Å²) in [6, 6.07) is 0. The van der Waals surface area contributed by atoms with Crippen LogP contribution in [0.4, 0.5) is 0 Å². The van der Waals surface area contributed by atoms with Gasteiger partial charge < -0.3 is 0 Å². The van der Waals surface area contributed by atoms with Gasteiger partial charge in [-0.2, -0.15) is 0 Å². The summed E-state index contributed by atoms with van der Waals surface area (Å²) in [7, 11) is 7.09. The molecule has 0 aromatic heterocycles. The first kappa shape index (κ1) is 18.2. The molecule has 0 aliphatic heterocycles. The van der Waals surface area contributed by atoms with E-state index in [4.69, 9.17) is 8.32 Å². The molecule has 104 valence electrons. The first-order valence-corrected chi connectivity index (χ1v) is 20.5. The second-order valence-corrected chi connectivity index (χ2v) is 28.8. The van der Waals surface area contributed by atoms with Crippen LogP contribution >= 0.6 is 8.32 Å². The van der Waals surface area contributed by atoms with Crippen molar-refractivity contribution in [2.75, 3.05) is 0 Å². The van der Waals surface area contributed by atoms with Crippen molar-refractivity contribution < 1.29 is 0 Å². The van der Waals surface area contributed by atoms with Crippen LogP contribution in [0.5, 0.6) is 0 Å². The quantitative estimate of drug-likeness (QED) is 0.357. The molecule has 0 spiro atoms. The van der Waals surface area contributed by atoms with E-state index in [-0.39, 0.29) is 0 Å². The summed E-state index contributed by atoms with van der Waals surface area (Å²) < 4.78 is 4.23. The van der Waals surface area contributed by atoms with Gasteiger partial charge in [-0.3, -0.25) is 0 Å². The zero-order chi connectivity index (χ0) is 13.5. The minimum absolute atomic E-state index is 0.825. The fourth-order valence-electron chi connectivity index (χ4n) is 2.02. The van der Waals surface area contributed by atoms with E-state index in [1.165, 1.54) is 31.2 Å². The van der Waals surface area contributed by atoms with Crippen molar-refractivity contribution in [3.63, 3.8) is 0 Å². The third-order valence-electron chi connectivity index (χ3n) is 3.51. The van der Waals surface area contributed by atoms with Crippen LogP contribution in [-0.2, 0) is 0 Å². The standard InChI is InChI=1S/3C5H11.ClH.Pb/c3*1-4-5(2)3;;/h3*5H,1,4H2,2-3H3;1H;/q;;;;+1/p-1. The normalized spacial score (nSPS) is 13.1. The zero-order valence-corrected chi connectivity index (χ0v) is 17.5. The Balaban J connectivity index is 4.23. The van der Waals surface area contributed by atoms with Crippen LogP contribution in [-0.4, -0.2) is 19.9 Å². The molecule has 0 aromatic carbocycles. The van der Waals surface area contributed by atoms with Gasteiger partial charge in [-0.25, -0.2) is 0 Å². The fourth-order valence-corrected chi connectivity index (χ4v) is 20.6. The minimum atomic E-state index is -2.39. The fraction of sp³-hybridized carbons (Fsp3) is 1.00. The SMILES string of the molecule is CC(C)C[CH2][Pb]([Cl])([CH2]CC(C)C)[CH2]CC(C)C. The molecule has 0 saturated heterocycles. The van der Waals surface area contributed by atoms with E-state index in [0.717, 1.165) is 17.8 Å². The Labute approximate surface area is 118 Å². The van der Waals surface area contributed by atoms with Crippen molar-refractivity contribution in [3.8, 4) is 0 Å². The molecule has 0 heterocycles. The van der Waals surface area contributed by atoms with Crippen molar-refractivity contribution in [2.45, 2.75) is 72.7 Å². The second-order valence-electron chi connectivity index (χ2n) is 6.95. The van der Waals surface area contributed by atoms with Crippen LogP contribution in [0.25, 0.3) is 0 Å². The molecule has 0 aromatic rings. The average Bonchev–Trinajstić information content (AvgIpc) is 2.21. The third kappa shape index (κ3) is 10.8. The molecular weight excluding hydrogens is 423 g/mol. The average molecular weight is 456 g/mol. The van der Waals surface area contributed by atoms with Crippen molar-refractivity contribution in [2.24, 2.45) is 17.8 Å². The third-order valence-corrected chi connectivity index (χ3v) is 22.3. The summed E-state index contributed by atoms with van der Waals surface area (Å²) >= 11 is -2.39. The second kappa shape index (κ2) is 9.17. The van der Waals surface area contributed by atoms with Gasteiger partial charge in [0.1, 0.15) is 0 Å². The van der Waals surface area contributed by atoms with Crippen LogP contribution in [0.1, 0.15) is 60.8 Å². The van der Waals surface area contributed by atoms with E-state index in [0.29, 0.717) is 0 Å². The molecule has 0 bridgehead atoms. The van der Waals surface area contributed by atoms with Crippen LogP contribution in [0.2, 0.25) is 11.9 Å². The van der Waals surface area contributed by atoms with Crippen LogP contribution in [0.3, 0.4) is 0 Å². The van der Waals surface area contributed by atoms with Crippen molar-refractivity contribution in [1.82, 2.24) is 0 Å². The Morgan fingerprint density at radius 1 is 0.647 bits per heavy atom. The van der Waals surface area contributed by atoms with Gasteiger partial charge in [-0.05, 0) is 0 Å². The van der Waals surface area contributed by atoms with Gasteiger partial charge in [0.15, 0.2) is 0 Å². The molecule has 0 radical (unpaired) electrons. The molecule has 0 saturated carbocycles. The van der Waals surface area contributed by atoms with Gasteiger partial charge in [0, 0.05) is 0 Å². The maximum absolute atomic E-state index is 7.09. The number of hydrogen-bond donors (Lipinski definition) is 0. The first-order valence-electron chi connectivity index (χ1n) is 7.44. The number of hydrogen-bond acceptors (Lipinski definition) is 0. The van der Waals surface area contributed by atoms with Gasteiger partial charge in [-0.15, -0.1) is 0 Å². The van der Waals surface area contributed by atoms with E-state index in [9.17, 15) is 0 Å². The molecular formula is C15H33ClPb. The van der Waals surface area contributed by atoms with Gasteiger partial charge in [0.2, 0.25) is 0 Å². The molecule has 0 aliphatic rings. The Hall–Kier alpha value is 1.21. The summed E-state index contributed by atoms with van der Waals surface area (Å²) in [5, 5.41) is 0. The van der Waals surface area contributed by atoms with Crippen LogP contribution in [0, 0.1) is 17.8 Å². The predicted octanol–water partition coefficient (Wildman–Crippen LogP) is 6.31. The van der Waals surface area contributed by atoms with E-state index < -0.39 is 19.9 Å².